The van der Waals surface area contributed by atoms with Gasteiger partial charge in [-0.15, -0.1) is 0 Å². The molecule has 2 aliphatic carbocycles. The van der Waals surface area contributed by atoms with Gasteiger partial charge in [0.2, 0.25) is 0 Å². The molecule has 0 radical (unpaired) electrons. The summed E-state index contributed by atoms with van der Waals surface area (Å²) in [6, 6.07) is 13.6. The second-order valence-corrected chi connectivity index (χ2v) is 8.99. The normalized spacial score (nSPS) is 23.2. The van der Waals surface area contributed by atoms with Gasteiger partial charge in [-0.1, -0.05) is 82.3 Å². The molecule has 0 N–H and O–H groups in total. The molecular weight excluding hydrogens is 288 g/mol. The fraction of sp³-hybridized carbons (Fsp3) is 0.333. The summed E-state index contributed by atoms with van der Waals surface area (Å²) in [5.41, 5.74) is 3.66. The molecule has 0 heterocycles. The molecule has 0 fully saturated rings. The van der Waals surface area contributed by atoms with Crippen LogP contribution < -0.4 is 5.22 Å². The van der Waals surface area contributed by atoms with Gasteiger partial charge in [0, 0.05) is 5.92 Å². The van der Waals surface area contributed by atoms with E-state index in [1.807, 2.05) is 0 Å². The second kappa shape index (κ2) is 4.30. The lowest BCUT2D eigenvalue weighted by molar-refractivity contribution is 0.207. The van der Waals surface area contributed by atoms with Gasteiger partial charge in [-0.2, -0.15) is 0 Å². The SMILES string of the molecule is CC1(C)CC(C)(C)C2C=CC=c3c2c1c1cccc2cccc3c21. The van der Waals surface area contributed by atoms with Crippen LogP contribution in [0.2, 0.25) is 0 Å². The van der Waals surface area contributed by atoms with Crippen molar-refractivity contribution in [3.63, 3.8) is 0 Å². The summed E-state index contributed by atoms with van der Waals surface area (Å²) in [6.07, 6.45) is 8.28. The van der Waals surface area contributed by atoms with Crippen LogP contribution in [0, 0.1) is 5.41 Å². The zero-order valence-corrected chi connectivity index (χ0v) is 15.0. The number of fused-ring (bicyclic) bond motifs is 2. The van der Waals surface area contributed by atoms with Crippen LogP contribution in [0.5, 0.6) is 0 Å². The smallest absolute Gasteiger partial charge is 0.00819 e. The van der Waals surface area contributed by atoms with Gasteiger partial charge in [-0.3, -0.25) is 0 Å². The molecule has 0 saturated carbocycles. The van der Waals surface area contributed by atoms with Gasteiger partial charge in [0.15, 0.2) is 0 Å². The molecule has 0 spiro atoms. The van der Waals surface area contributed by atoms with Crippen molar-refractivity contribution >= 4 is 27.6 Å². The Kier molecular flexibility index (Phi) is 2.56. The van der Waals surface area contributed by atoms with E-state index in [1.165, 1.54) is 33.2 Å². The summed E-state index contributed by atoms with van der Waals surface area (Å²) in [7, 11) is 0. The van der Waals surface area contributed by atoms with Crippen molar-refractivity contribution in [2.75, 3.05) is 0 Å². The molecule has 2 aliphatic rings. The maximum Gasteiger partial charge on any atom is 0.00819 e. The third-order valence-electron chi connectivity index (χ3n) is 6.32. The van der Waals surface area contributed by atoms with Crippen molar-refractivity contribution in [3.05, 3.63) is 64.9 Å². The Morgan fingerprint density at radius 3 is 2.38 bits per heavy atom. The summed E-state index contributed by atoms with van der Waals surface area (Å²) in [5, 5.41) is 7.17. The quantitative estimate of drug-likeness (QED) is 0.488. The third kappa shape index (κ3) is 1.64. The Hall–Kier alpha value is -2.08. The van der Waals surface area contributed by atoms with Crippen molar-refractivity contribution in [2.24, 2.45) is 5.41 Å². The molecule has 5 rings (SSSR count). The van der Waals surface area contributed by atoms with Crippen molar-refractivity contribution in [1.29, 1.82) is 0 Å². The molecule has 1 atom stereocenters. The van der Waals surface area contributed by atoms with Crippen LogP contribution in [-0.4, -0.2) is 0 Å². The largest absolute Gasteiger partial charge is 0.0764 e. The summed E-state index contributed by atoms with van der Waals surface area (Å²) in [6.45, 7) is 9.77. The van der Waals surface area contributed by atoms with Gasteiger partial charge in [0.05, 0.1) is 0 Å². The zero-order chi connectivity index (χ0) is 16.7. The minimum atomic E-state index is 0.196. The average molecular weight is 312 g/mol. The van der Waals surface area contributed by atoms with E-state index in [0.717, 1.165) is 0 Å². The topological polar surface area (TPSA) is 0 Å². The summed E-state index contributed by atoms with van der Waals surface area (Å²) in [4.78, 5) is 0. The average Bonchev–Trinajstić information content (AvgIpc) is 2.53. The van der Waals surface area contributed by atoms with Crippen LogP contribution in [0.15, 0.2) is 48.6 Å². The summed E-state index contributed by atoms with van der Waals surface area (Å²) in [5.74, 6) is 0.518. The molecule has 3 aromatic carbocycles. The Morgan fingerprint density at radius 1 is 0.917 bits per heavy atom. The minimum absolute atomic E-state index is 0.196. The fourth-order valence-electron chi connectivity index (χ4n) is 5.78. The Balaban J connectivity index is 2.11. The van der Waals surface area contributed by atoms with Gasteiger partial charge < -0.3 is 0 Å². The lowest BCUT2D eigenvalue weighted by atomic mass is 9.55. The van der Waals surface area contributed by atoms with E-state index in [-0.39, 0.29) is 5.41 Å². The van der Waals surface area contributed by atoms with E-state index in [2.05, 4.69) is 82.3 Å². The molecule has 0 amide bonds. The molecular formula is C24H24. The first kappa shape index (κ1) is 14.3. The first-order valence-electron chi connectivity index (χ1n) is 9.06. The Morgan fingerprint density at radius 2 is 1.62 bits per heavy atom. The van der Waals surface area contributed by atoms with Crippen molar-refractivity contribution < 1.29 is 0 Å². The number of hydrogen-bond acceptors (Lipinski definition) is 0. The van der Waals surface area contributed by atoms with Gasteiger partial charge >= 0.3 is 0 Å². The summed E-state index contributed by atoms with van der Waals surface area (Å²) < 4.78 is 0. The minimum Gasteiger partial charge on any atom is -0.0764 e. The van der Waals surface area contributed by atoms with Gasteiger partial charge in [-0.05, 0) is 55.1 Å². The molecule has 24 heavy (non-hydrogen) atoms. The maximum atomic E-state index is 2.44. The number of rotatable bonds is 0. The second-order valence-electron chi connectivity index (χ2n) is 8.99. The fourth-order valence-corrected chi connectivity index (χ4v) is 5.78. The third-order valence-corrected chi connectivity index (χ3v) is 6.32. The molecule has 0 saturated heterocycles. The standard InChI is InChI=1S/C24H24/c1-23(2)14-24(3,4)22-18-12-6-9-15-8-5-10-16(20(15)18)17-11-7-13-19(23)21(17)22/h5-13,19H,14H2,1-4H3. The van der Waals surface area contributed by atoms with Gasteiger partial charge in [0.25, 0.3) is 0 Å². The van der Waals surface area contributed by atoms with Crippen LogP contribution in [0.1, 0.15) is 51.2 Å². The van der Waals surface area contributed by atoms with E-state index in [0.29, 0.717) is 11.3 Å². The Labute approximate surface area is 143 Å². The maximum absolute atomic E-state index is 2.44. The molecule has 0 aromatic heterocycles. The molecule has 0 bridgehead atoms. The molecule has 0 aliphatic heterocycles. The van der Waals surface area contributed by atoms with Crippen LogP contribution >= 0.6 is 0 Å². The predicted octanol–water partition coefficient (Wildman–Crippen LogP) is 5.85. The first-order chi connectivity index (χ1) is 11.4. The van der Waals surface area contributed by atoms with Crippen LogP contribution in [-0.2, 0) is 5.41 Å². The van der Waals surface area contributed by atoms with Crippen LogP contribution in [0.3, 0.4) is 0 Å². The van der Waals surface area contributed by atoms with Gasteiger partial charge in [0.1, 0.15) is 0 Å². The zero-order valence-electron chi connectivity index (χ0n) is 15.0. The lowest BCUT2D eigenvalue weighted by Gasteiger charge is -2.48. The highest BCUT2D eigenvalue weighted by atomic mass is 14.5. The first-order valence-corrected chi connectivity index (χ1v) is 9.06. The highest BCUT2D eigenvalue weighted by Crippen LogP contribution is 2.55. The van der Waals surface area contributed by atoms with Crippen molar-refractivity contribution in [1.82, 2.24) is 0 Å². The lowest BCUT2D eigenvalue weighted by Crippen LogP contribution is -2.41. The number of allylic oxidation sites excluding steroid dienone is 2. The highest BCUT2D eigenvalue weighted by molar-refractivity contribution is 6.12. The highest BCUT2D eigenvalue weighted by Gasteiger charge is 2.45. The molecule has 3 aromatic rings. The monoisotopic (exact) mass is 312 g/mol. The van der Waals surface area contributed by atoms with Gasteiger partial charge in [-0.25, -0.2) is 0 Å². The number of hydrogen-bond donors (Lipinski definition) is 0. The molecule has 1 unspecified atom stereocenters. The molecule has 0 heteroatoms. The molecule has 120 valence electrons. The van der Waals surface area contributed by atoms with Crippen molar-refractivity contribution in [3.8, 4) is 0 Å². The summed E-state index contributed by atoms with van der Waals surface area (Å²) >= 11 is 0. The Bertz CT molecular complexity index is 1070. The van der Waals surface area contributed by atoms with E-state index in [1.54, 1.807) is 11.1 Å². The van der Waals surface area contributed by atoms with Crippen molar-refractivity contribution in [2.45, 2.75) is 45.4 Å². The van der Waals surface area contributed by atoms with E-state index in [4.69, 9.17) is 0 Å². The number of benzene rings is 3. The van der Waals surface area contributed by atoms with E-state index < -0.39 is 0 Å². The van der Waals surface area contributed by atoms with E-state index in [9.17, 15) is 0 Å². The van der Waals surface area contributed by atoms with E-state index >= 15 is 0 Å². The molecule has 0 nitrogen and oxygen atoms in total. The van der Waals surface area contributed by atoms with Crippen LogP contribution in [0.4, 0.5) is 0 Å². The van der Waals surface area contributed by atoms with Crippen LogP contribution in [0.25, 0.3) is 27.6 Å². The predicted molar refractivity (Wildman–Crippen MR) is 104 cm³/mol.